The predicted octanol–water partition coefficient (Wildman–Crippen LogP) is 3.70. The van der Waals surface area contributed by atoms with Crippen LogP contribution in [-0.4, -0.2) is 30.5 Å². The fourth-order valence-corrected chi connectivity index (χ4v) is 3.65. The molecule has 4 nitrogen and oxygen atoms in total. The number of amides is 1. The van der Waals surface area contributed by atoms with Gasteiger partial charge in [0.1, 0.15) is 11.5 Å². The molecule has 0 unspecified atom stereocenters. The van der Waals surface area contributed by atoms with Gasteiger partial charge in [0, 0.05) is 30.8 Å². The van der Waals surface area contributed by atoms with Gasteiger partial charge in [0.05, 0.1) is 12.9 Å². The van der Waals surface area contributed by atoms with Gasteiger partial charge in [-0.05, 0) is 43.5 Å². The van der Waals surface area contributed by atoms with Gasteiger partial charge in [0.2, 0.25) is 5.91 Å². The minimum atomic E-state index is 0.116. The number of rotatable bonds is 5. The molecule has 2 fully saturated rings. The van der Waals surface area contributed by atoms with Gasteiger partial charge < -0.3 is 14.1 Å². The zero-order chi connectivity index (χ0) is 16.4. The second kappa shape index (κ2) is 6.71. The highest BCUT2D eigenvalue weighted by Crippen LogP contribution is 2.48. The van der Waals surface area contributed by atoms with E-state index in [1.807, 2.05) is 47.4 Å². The SMILES string of the molecule is O=C([C@@H]1C[C@H]1c1ccco1)N1CCC[C@@H](COc2ccccc2)C1. The van der Waals surface area contributed by atoms with E-state index in [-0.39, 0.29) is 11.8 Å². The van der Waals surface area contributed by atoms with Crippen LogP contribution in [0.15, 0.2) is 53.1 Å². The molecule has 1 aliphatic heterocycles. The first-order chi connectivity index (χ1) is 11.8. The summed E-state index contributed by atoms with van der Waals surface area (Å²) in [7, 11) is 0. The van der Waals surface area contributed by atoms with E-state index in [4.69, 9.17) is 9.15 Å². The van der Waals surface area contributed by atoms with Gasteiger partial charge in [-0.1, -0.05) is 18.2 Å². The summed E-state index contributed by atoms with van der Waals surface area (Å²) in [5, 5.41) is 0. The second-order valence-corrected chi connectivity index (χ2v) is 6.88. The molecule has 2 aromatic rings. The van der Waals surface area contributed by atoms with Crippen molar-refractivity contribution in [2.24, 2.45) is 11.8 Å². The lowest BCUT2D eigenvalue weighted by Crippen LogP contribution is -2.42. The van der Waals surface area contributed by atoms with Crippen molar-refractivity contribution in [3.8, 4) is 5.75 Å². The van der Waals surface area contributed by atoms with Crippen LogP contribution in [0.25, 0.3) is 0 Å². The molecular weight excluding hydrogens is 302 g/mol. The lowest BCUT2D eigenvalue weighted by atomic mass is 9.98. The fourth-order valence-electron chi connectivity index (χ4n) is 3.65. The third-order valence-corrected chi connectivity index (χ3v) is 5.08. The molecule has 0 radical (unpaired) electrons. The maximum atomic E-state index is 12.7. The topological polar surface area (TPSA) is 42.7 Å². The number of carbonyl (C=O) groups is 1. The van der Waals surface area contributed by atoms with Gasteiger partial charge >= 0.3 is 0 Å². The third kappa shape index (κ3) is 3.32. The third-order valence-electron chi connectivity index (χ3n) is 5.08. The molecule has 0 spiro atoms. The lowest BCUT2D eigenvalue weighted by molar-refractivity contribution is -0.134. The molecule has 0 N–H and O–H groups in total. The number of nitrogens with zero attached hydrogens (tertiary/aromatic N) is 1. The van der Waals surface area contributed by atoms with E-state index in [0.717, 1.165) is 43.9 Å². The quantitative estimate of drug-likeness (QED) is 0.842. The Morgan fingerprint density at radius 1 is 1.21 bits per heavy atom. The first-order valence-corrected chi connectivity index (χ1v) is 8.81. The molecule has 1 saturated heterocycles. The van der Waals surface area contributed by atoms with Gasteiger partial charge in [0.15, 0.2) is 0 Å². The first kappa shape index (κ1) is 15.3. The predicted molar refractivity (Wildman–Crippen MR) is 90.8 cm³/mol. The van der Waals surface area contributed by atoms with Crippen molar-refractivity contribution in [1.82, 2.24) is 4.90 Å². The number of ether oxygens (including phenoxy) is 1. The Kier molecular flexibility index (Phi) is 4.28. The molecule has 0 bridgehead atoms. The molecule has 2 aliphatic rings. The van der Waals surface area contributed by atoms with E-state index in [9.17, 15) is 4.79 Å². The standard InChI is InChI=1S/C20H23NO3/c22-20(18-12-17(18)19-9-5-11-23-19)21-10-4-6-15(13-21)14-24-16-7-2-1-3-8-16/h1-3,5,7-9,11,15,17-18H,4,6,10,12-14H2/t15-,17-,18-/m1/s1. The Balaban J connectivity index is 1.29. The Morgan fingerprint density at radius 2 is 2.08 bits per heavy atom. The van der Waals surface area contributed by atoms with Crippen LogP contribution in [0.5, 0.6) is 5.75 Å². The average Bonchev–Trinajstić information content (AvgIpc) is 3.25. The number of furan rings is 1. The van der Waals surface area contributed by atoms with E-state index in [0.29, 0.717) is 18.4 Å². The highest BCUT2D eigenvalue weighted by molar-refractivity contribution is 5.83. The molecular formula is C20H23NO3. The maximum absolute atomic E-state index is 12.7. The van der Waals surface area contributed by atoms with E-state index >= 15 is 0 Å². The molecule has 126 valence electrons. The molecule has 3 atom stereocenters. The Hall–Kier alpha value is -2.23. The second-order valence-electron chi connectivity index (χ2n) is 6.88. The van der Waals surface area contributed by atoms with Gasteiger partial charge in [-0.25, -0.2) is 0 Å². The summed E-state index contributed by atoms with van der Waals surface area (Å²) in [5.74, 6) is 2.97. The van der Waals surface area contributed by atoms with Crippen LogP contribution < -0.4 is 4.74 Å². The van der Waals surface area contributed by atoms with Crippen LogP contribution in [-0.2, 0) is 4.79 Å². The Morgan fingerprint density at radius 3 is 2.88 bits per heavy atom. The monoisotopic (exact) mass is 325 g/mol. The minimum Gasteiger partial charge on any atom is -0.493 e. The van der Waals surface area contributed by atoms with Crippen LogP contribution in [0.4, 0.5) is 0 Å². The fraction of sp³-hybridized carbons (Fsp3) is 0.450. The van der Waals surface area contributed by atoms with Crippen LogP contribution in [0, 0.1) is 11.8 Å². The molecule has 4 rings (SSSR count). The summed E-state index contributed by atoms with van der Waals surface area (Å²) in [6, 6.07) is 13.8. The molecule has 1 aromatic carbocycles. The number of benzene rings is 1. The first-order valence-electron chi connectivity index (χ1n) is 8.81. The lowest BCUT2D eigenvalue weighted by Gasteiger charge is -2.33. The van der Waals surface area contributed by atoms with Crippen molar-refractivity contribution in [3.63, 3.8) is 0 Å². The number of likely N-dealkylation sites (tertiary alicyclic amines) is 1. The van der Waals surface area contributed by atoms with E-state index in [1.54, 1.807) is 6.26 Å². The van der Waals surface area contributed by atoms with Crippen LogP contribution in [0.3, 0.4) is 0 Å². The number of carbonyl (C=O) groups excluding carboxylic acids is 1. The molecule has 24 heavy (non-hydrogen) atoms. The van der Waals surface area contributed by atoms with Crippen LogP contribution in [0.2, 0.25) is 0 Å². The molecule has 1 aliphatic carbocycles. The summed E-state index contributed by atoms with van der Waals surface area (Å²) < 4.78 is 11.3. The molecule has 4 heteroatoms. The number of piperidine rings is 1. The van der Waals surface area contributed by atoms with Crippen molar-refractivity contribution >= 4 is 5.91 Å². The van der Waals surface area contributed by atoms with Gasteiger partial charge in [-0.15, -0.1) is 0 Å². The normalized spacial score (nSPS) is 26.2. The van der Waals surface area contributed by atoms with Gasteiger partial charge in [0.25, 0.3) is 0 Å². The average molecular weight is 325 g/mol. The highest BCUT2D eigenvalue weighted by Gasteiger charge is 2.47. The Bertz CT molecular complexity index is 667. The number of hydrogen-bond donors (Lipinski definition) is 0. The summed E-state index contributed by atoms with van der Waals surface area (Å²) >= 11 is 0. The largest absolute Gasteiger partial charge is 0.493 e. The zero-order valence-electron chi connectivity index (χ0n) is 13.8. The molecule has 1 amide bonds. The van der Waals surface area contributed by atoms with E-state index < -0.39 is 0 Å². The van der Waals surface area contributed by atoms with Gasteiger partial charge in [-0.3, -0.25) is 4.79 Å². The van der Waals surface area contributed by atoms with E-state index in [1.165, 1.54) is 0 Å². The van der Waals surface area contributed by atoms with Crippen molar-refractivity contribution in [2.45, 2.75) is 25.2 Å². The minimum absolute atomic E-state index is 0.116. The molecule has 1 aromatic heterocycles. The summed E-state index contributed by atoms with van der Waals surface area (Å²) in [6.45, 7) is 2.37. The zero-order valence-corrected chi connectivity index (χ0v) is 13.8. The van der Waals surface area contributed by atoms with Crippen LogP contribution >= 0.6 is 0 Å². The Labute approximate surface area is 142 Å². The van der Waals surface area contributed by atoms with E-state index in [2.05, 4.69) is 0 Å². The summed E-state index contributed by atoms with van der Waals surface area (Å²) in [5.41, 5.74) is 0. The number of para-hydroxylation sites is 1. The molecule has 2 heterocycles. The van der Waals surface area contributed by atoms with Crippen molar-refractivity contribution in [2.75, 3.05) is 19.7 Å². The van der Waals surface area contributed by atoms with Crippen molar-refractivity contribution in [1.29, 1.82) is 0 Å². The highest BCUT2D eigenvalue weighted by atomic mass is 16.5. The smallest absolute Gasteiger partial charge is 0.226 e. The van der Waals surface area contributed by atoms with Crippen LogP contribution in [0.1, 0.15) is 30.9 Å². The molecule has 1 saturated carbocycles. The number of hydrogen-bond acceptors (Lipinski definition) is 3. The summed E-state index contributed by atoms with van der Waals surface area (Å²) in [4.78, 5) is 14.8. The van der Waals surface area contributed by atoms with Crippen molar-refractivity contribution < 1.29 is 13.9 Å². The maximum Gasteiger partial charge on any atom is 0.226 e. The van der Waals surface area contributed by atoms with Gasteiger partial charge in [-0.2, -0.15) is 0 Å². The summed E-state index contributed by atoms with van der Waals surface area (Å²) in [6.07, 6.45) is 4.80. The van der Waals surface area contributed by atoms with Crippen molar-refractivity contribution in [3.05, 3.63) is 54.5 Å².